The van der Waals surface area contributed by atoms with Crippen LogP contribution in [-0.4, -0.2) is 11.5 Å². The van der Waals surface area contributed by atoms with Crippen LogP contribution in [0.2, 0.25) is 10.0 Å². The third-order valence-corrected chi connectivity index (χ3v) is 5.54. The van der Waals surface area contributed by atoms with Crippen LogP contribution in [0.25, 0.3) is 0 Å². The number of hydrogen-bond acceptors (Lipinski definition) is 3. The molecule has 5 heteroatoms. The summed E-state index contributed by atoms with van der Waals surface area (Å²) in [5, 5.41) is 1.26. The average molecular weight is 331 g/mol. The maximum absolute atomic E-state index is 12.1. The quantitative estimate of drug-likeness (QED) is 0.524. The predicted molar refractivity (Wildman–Crippen MR) is 85.2 cm³/mol. The van der Waals surface area contributed by atoms with Gasteiger partial charge in [-0.2, -0.15) is 0 Å². The first-order valence-electron chi connectivity index (χ1n) is 5.80. The van der Waals surface area contributed by atoms with E-state index < -0.39 is 0 Å². The maximum Gasteiger partial charge on any atom is 0.182 e. The second-order valence-corrected chi connectivity index (χ2v) is 6.94. The number of thiophene rings is 1. The van der Waals surface area contributed by atoms with Crippen LogP contribution >= 0.6 is 46.3 Å². The van der Waals surface area contributed by atoms with Crippen molar-refractivity contribution in [2.75, 3.05) is 5.75 Å². The number of hydrogen-bond donors (Lipinski definition) is 0. The number of rotatable bonds is 5. The van der Waals surface area contributed by atoms with E-state index in [9.17, 15) is 4.79 Å². The minimum atomic E-state index is 0.130. The first-order valence-corrected chi connectivity index (χ1v) is 8.35. The molecule has 0 atom stereocenters. The van der Waals surface area contributed by atoms with Gasteiger partial charge in [0, 0.05) is 14.8 Å². The van der Waals surface area contributed by atoms with E-state index in [1.54, 1.807) is 29.5 Å². The molecule has 1 aromatic heterocycles. The molecule has 0 radical (unpaired) electrons. The summed E-state index contributed by atoms with van der Waals surface area (Å²) < 4.78 is 0. The smallest absolute Gasteiger partial charge is 0.182 e. The summed E-state index contributed by atoms with van der Waals surface area (Å²) in [5.41, 5.74) is 0. The van der Waals surface area contributed by atoms with Crippen LogP contribution < -0.4 is 0 Å². The zero-order valence-electron chi connectivity index (χ0n) is 10.3. The molecule has 0 bridgehead atoms. The molecule has 0 saturated carbocycles. The molecule has 1 heterocycles. The zero-order valence-corrected chi connectivity index (χ0v) is 13.4. The monoisotopic (exact) mass is 330 g/mol. The molecule has 0 aliphatic heterocycles. The second-order valence-electron chi connectivity index (χ2n) is 3.91. The van der Waals surface area contributed by atoms with Gasteiger partial charge >= 0.3 is 0 Å². The largest absolute Gasteiger partial charge is 0.292 e. The Morgan fingerprint density at radius 3 is 2.74 bits per heavy atom. The minimum Gasteiger partial charge on any atom is -0.292 e. The van der Waals surface area contributed by atoms with Gasteiger partial charge in [0.25, 0.3) is 0 Å². The van der Waals surface area contributed by atoms with Gasteiger partial charge in [0.2, 0.25) is 0 Å². The number of aryl methyl sites for hydroxylation is 1. The Kier molecular flexibility index (Phi) is 5.34. The molecule has 2 aromatic rings. The Hall–Kier alpha value is -0.480. The molecule has 2 rings (SSSR count). The van der Waals surface area contributed by atoms with E-state index >= 15 is 0 Å². The molecule has 0 spiro atoms. The van der Waals surface area contributed by atoms with E-state index in [-0.39, 0.29) is 5.78 Å². The first kappa shape index (κ1) is 14.9. The highest BCUT2D eigenvalue weighted by Gasteiger charge is 2.11. The van der Waals surface area contributed by atoms with Crippen molar-refractivity contribution in [3.8, 4) is 0 Å². The zero-order chi connectivity index (χ0) is 13.8. The number of carbonyl (C=O) groups is 1. The van der Waals surface area contributed by atoms with E-state index in [0.29, 0.717) is 15.8 Å². The van der Waals surface area contributed by atoms with Crippen molar-refractivity contribution >= 4 is 52.1 Å². The number of benzene rings is 1. The Labute approximate surface area is 130 Å². The molecule has 19 heavy (non-hydrogen) atoms. The summed E-state index contributed by atoms with van der Waals surface area (Å²) in [6.45, 7) is 2.08. The van der Waals surface area contributed by atoms with E-state index in [2.05, 4.69) is 6.92 Å². The predicted octanol–water partition coefficient (Wildman–Crippen LogP) is 5.59. The average Bonchev–Trinajstić information content (AvgIpc) is 2.88. The van der Waals surface area contributed by atoms with E-state index in [4.69, 9.17) is 23.2 Å². The fourth-order valence-electron chi connectivity index (χ4n) is 1.52. The lowest BCUT2D eigenvalue weighted by molar-refractivity contribution is 0.102. The summed E-state index contributed by atoms with van der Waals surface area (Å²) in [6, 6.07) is 9.17. The fraction of sp³-hybridized carbons (Fsp3) is 0.214. The number of thioether (sulfide) groups is 1. The lowest BCUT2D eigenvalue weighted by Gasteiger charge is -2.03. The van der Waals surface area contributed by atoms with Crippen molar-refractivity contribution in [2.45, 2.75) is 18.2 Å². The normalized spacial score (nSPS) is 10.7. The van der Waals surface area contributed by atoms with Crippen LogP contribution in [0.4, 0.5) is 0 Å². The summed E-state index contributed by atoms with van der Waals surface area (Å²) in [7, 11) is 0. The van der Waals surface area contributed by atoms with Crippen LogP contribution in [0.5, 0.6) is 0 Å². The standard InChI is InChI=1S/C14H12Cl2OS2/c1-2-10-4-6-13(19-10)12(17)8-18-14-7-9(15)3-5-11(14)16/h3-7H,2,8H2,1H3. The molecule has 1 nitrogen and oxygen atoms in total. The lowest BCUT2D eigenvalue weighted by atomic mass is 10.3. The van der Waals surface area contributed by atoms with Crippen LogP contribution in [-0.2, 0) is 6.42 Å². The highest BCUT2D eigenvalue weighted by atomic mass is 35.5. The van der Waals surface area contributed by atoms with E-state index in [1.807, 2.05) is 12.1 Å². The van der Waals surface area contributed by atoms with Gasteiger partial charge in [-0.05, 0) is 36.8 Å². The lowest BCUT2D eigenvalue weighted by Crippen LogP contribution is -1.99. The Morgan fingerprint density at radius 2 is 2.05 bits per heavy atom. The van der Waals surface area contributed by atoms with Crippen molar-refractivity contribution < 1.29 is 4.79 Å². The van der Waals surface area contributed by atoms with Crippen LogP contribution in [0.3, 0.4) is 0 Å². The van der Waals surface area contributed by atoms with Gasteiger partial charge in [-0.25, -0.2) is 0 Å². The van der Waals surface area contributed by atoms with Crippen molar-refractivity contribution in [2.24, 2.45) is 0 Å². The Bertz CT molecular complexity index is 593. The van der Waals surface area contributed by atoms with Gasteiger partial charge in [0.15, 0.2) is 5.78 Å². The maximum atomic E-state index is 12.1. The molecule has 0 saturated heterocycles. The van der Waals surface area contributed by atoms with Crippen LogP contribution in [0.15, 0.2) is 35.2 Å². The molecule has 100 valence electrons. The second kappa shape index (κ2) is 6.80. The Morgan fingerprint density at radius 1 is 1.26 bits per heavy atom. The van der Waals surface area contributed by atoms with Gasteiger partial charge in [0.1, 0.15) is 0 Å². The molecular formula is C14H12Cl2OS2. The molecule has 0 N–H and O–H groups in total. The molecule has 0 aliphatic carbocycles. The number of ketones is 1. The highest BCUT2D eigenvalue weighted by molar-refractivity contribution is 8.00. The summed E-state index contributed by atoms with van der Waals surface area (Å²) in [6.07, 6.45) is 0.964. The summed E-state index contributed by atoms with van der Waals surface area (Å²) in [4.78, 5) is 14.9. The first-order chi connectivity index (χ1) is 9.10. The number of carbonyl (C=O) groups excluding carboxylic acids is 1. The molecule has 0 unspecified atom stereocenters. The van der Waals surface area contributed by atoms with Crippen molar-refractivity contribution in [3.63, 3.8) is 0 Å². The van der Waals surface area contributed by atoms with Crippen LogP contribution in [0.1, 0.15) is 21.5 Å². The van der Waals surface area contributed by atoms with E-state index in [1.165, 1.54) is 16.6 Å². The minimum absolute atomic E-state index is 0.130. The third kappa shape index (κ3) is 3.99. The molecule has 0 amide bonds. The van der Waals surface area contributed by atoms with Gasteiger partial charge in [-0.1, -0.05) is 30.1 Å². The van der Waals surface area contributed by atoms with Crippen molar-refractivity contribution in [3.05, 3.63) is 50.1 Å². The molecular weight excluding hydrogens is 319 g/mol. The van der Waals surface area contributed by atoms with Crippen molar-refractivity contribution in [1.82, 2.24) is 0 Å². The molecule has 1 aromatic carbocycles. The number of halogens is 2. The van der Waals surface area contributed by atoms with Gasteiger partial charge < -0.3 is 0 Å². The summed E-state index contributed by atoms with van der Waals surface area (Å²) >= 11 is 15.0. The van der Waals surface area contributed by atoms with Gasteiger partial charge in [-0.15, -0.1) is 23.1 Å². The highest BCUT2D eigenvalue weighted by Crippen LogP contribution is 2.30. The topological polar surface area (TPSA) is 17.1 Å². The SMILES string of the molecule is CCc1ccc(C(=O)CSc2cc(Cl)ccc2Cl)s1. The molecule has 0 fully saturated rings. The van der Waals surface area contributed by atoms with E-state index in [0.717, 1.165) is 16.2 Å². The third-order valence-electron chi connectivity index (χ3n) is 2.54. The summed E-state index contributed by atoms with van der Waals surface area (Å²) in [5.74, 6) is 0.509. The van der Waals surface area contributed by atoms with Gasteiger partial charge in [0.05, 0.1) is 15.7 Å². The van der Waals surface area contributed by atoms with Crippen LogP contribution in [0, 0.1) is 0 Å². The fourth-order valence-corrected chi connectivity index (χ4v) is 3.87. The Balaban J connectivity index is 2.02. The number of Topliss-reactive ketones (excluding diaryl/α,β-unsaturated/α-hetero) is 1. The van der Waals surface area contributed by atoms with Gasteiger partial charge in [-0.3, -0.25) is 4.79 Å². The van der Waals surface area contributed by atoms with Crippen molar-refractivity contribution in [1.29, 1.82) is 0 Å². The molecule has 0 aliphatic rings.